The van der Waals surface area contributed by atoms with Gasteiger partial charge in [0.1, 0.15) is 0 Å². The van der Waals surface area contributed by atoms with Crippen LogP contribution in [0.2, 0.25) is 5.02 Å². The van der Waals surface area contributed by atoms with Crippen LogP contribution in [0.4, 0.5) is 0 Å². The Morgan fingerprint density at radius 3 is 2.65 bits per heavy atom. The number of hydrogen-bond acceptors (Lipinski definition) is 3. The third-order valence-corrected chi connectivity index (χ3v) is 5.94. The average molecular weight is 317 g/mol. The van der Waals surface area contributed by atoms with Gasteiger partial charge in [0.05, 0.1) is 4.90 Å². The lowest BCUT2D eigenvalue weighted by Crippen LogP contribution is -2.43. The van der Waals surface area contributed by atoms with Crippen molar-refractivity contribution in [3.8, 4) is 0 Å². The quantitative estimate of drug-likeness (QED) is 0.932. The van der Waals surface area contributed by atoms with Gasteiger partial charge in [0.25, 0.3) is 0 Å². The fraction of sp³-hybridized carbons (Fsp3) is 0.571. The van der Waals surface area contributed by atoms with E-state index >= 15 is 0 Å². The standard InChI is InChI=1S/C14H21ClN2O2S/c1-14(2)6-3-7-17(10-14)20(18,19)12-5-4-11(9-16)13(15)8-12/h4-5,8H,3,6-7,9-10,16H2,1-2H3. The molecule has 0 spiro atoms. The van der Waals surface area contributed by atoms with E-state index in [4.69, 9.17) is 17.3 Å². The van der Waals surface area contributed by atoms with E-state index in [0.717, 1.165) is 18.4 Å². The summed E-state index contributed by atoms with van der Waals surface area (Å²) in [5.41, 5.74) is 6.32. The summed E-state index contributed by atoms with van der Waals surface area (Å²) in [6, 6.07) is 4.77. The normalized spacial score (nSPS) is 20.0. The lowest BCUT2D eigenvalue weighted by Gasteiger charge is -2.37. The van der Waals surface area contributed by atoms with Crippen molar-refractivity contribution in [3.63, 3.8) is 0 Å². The molecule has 2 rings (SSSR count). The molecular weight excluding hydrogens is 296 g/mol. The van der Waals surface area contributed by atoms with Crippen molar-refractivity contribution in [1.29, 1.82) is 0 Å². The Morgan fingerprint density at radius 2 is 2.10 bits per heavy atom. The second-order valence-corrected chi connectivity index (χ2v) is 8.41. The van der Waals surface area contributed by atoms with Gasteiger partial charge in [-0.2, -0.15) is 4.31 Å². The maximum atomic E-state index is 12.7. The number of halogens is 1. The van der Waals surface area contributed by atoms with Gasteiger partial charge in [0.2, 0.25) is 10.0 Å². The van der Waals surface area contributed by atoms with E-state index in [1.807, 2.05) is 0 Å². The van der Waals surface area contributed by atoms with Crippen molar-refractivity contribution >= 4 is 21.6 Å². The molecule has 1 saturated heterocycles. The van der Waals surface area contributed by atoms with Gasteiger partial charge < -0.3 is 5.73 Å². The number of nitrogens with two attached hydrogens (primary N) is 1. The smallest absolute Gasteiger partial charge is 0.243 e. The molecule has 1 aromatic rings. The average Bonchev–Trinajstić information content (AvgIpc) is 2.37. The van der Waals surface area contributed by atoms with Crippen molar-refractivity contribution in [2.75, 3.05) is 13.1 Å². The minimum Gasteiger partial charge on any atom is -0.326 e. The maximum absolute atomic E-state index is 12.7. The summed E-state index contributed by atoms with van der Waals surface area (Å²) in [7, 11) is -3.47. The highest BCUT2D eigenvalue weighted by Gasteiger charge is 2.34. The first kappa shape index (κ1) is 15.8. The molecule has 1 aromatic carbocycles. The third kappa shape index (κ3) is 3.17. The zero-order chi connectivity index (χ0) is 15.0. The summed E-state index contributed by atoms with van der Waals surface area (Å²) in [6.45, 7) is 5.61. The van der Waals surface area contributed by atoms with Crippen LogP contribution < -0.4 is 5.73 Å². The van der Waals surface area contributed by atoms with Crippen LogP contribution >= 0.6 is 11.6 Å². The summed E-state index contributed by atoms with van der Waals surface area (Å²) >= 11 is 6.07. The lowest BCUT2D eigenvalue weighted by molar-refractivity contribution is 0.187. The first-order valence-electron chi connectivity index (χ1n) is 6.75. The molecule has 1 fully saturated rings. The molecule has 0 unspecified atom stereocenters. The fourth-order valence-corrected chi connectivity index (χ4v) is 4.59. The molecule has 1 heterocycles. The highest BCUT2D eigenvalue weighted by molar-refractivity contribution is 7.89. The molecule has 0 aromatic heterocycles. The van der Waals surface area contributed by atoms with Crippen molar-refractivity contribution in [2.24, 2.45) is 11.1 Å². The van der Waals surface area contributed by atoms with Gasteiger partial charge in [-0.25, -0.2) is 8.42 Å². The molecule has 0 radical (unpaired) electrons. The van der Waals surface area contributed by atoms with E-state index in [0.29, 0.717) is 24.7 Å². The van der Waals surface area contributed by atoms with Crippen LogP contribution in [0.1, 0.15) is 32.3 Å². The Bertz CT molecular complexity index is 599. The zero-order valence-corrected chi connectivity index (χ0v) is 13.5. The molecule has 6 heteroatoms. The second-order valence-electron chi connectivity index (χ2n) is 6.06. The number of hydrogen-bond donors (Lipinski definition) is 1. The summed E-state index contributed by atoms with van der Waals surface area (Å²) in [6.07, 6.45) is 1.94. The largest absolute Gasteiger partial charge is 0.326 e. The van der Waals surface area contributed by atoms with Crippen LogP contribution in [0.3, 0.4) is 0 Å². The van der Waals surface area contributed by atoms with Crippen molar-refractivity contribution in [1.82, 2.24) is 4.31 Å². The van der Waals surface area contributed by atoms with Crippen LogP contribution in [-0.2, 0) is 16.6 Å². The Kier molecular flexibility index (Phi) is 4.44. The lowest BCUT2D eigenvalue weighted by atomic mass is 9.85. The Morgan fingerprint density at radius 1 is 1.40 bits per heavy atom. The Balaban J connectivity index is 2.33. The van der Waals surface area contributed by atoms with E-state index in [2.05, 4.69) is 13.8 Å². The van der Waals surface area contributed by atoms with Gasteiger partial charge in [0.15, 0.2) is 0 Å². The summed E-state index contributed by atoms with van der Waals surface area (Å²) in [5, 5.41) is 0.407. The molecule has 0 aliphatic carbocycles. The van der Waals surface area contributed by atoms with Gasteiger partial charge in [-0.05, 0) is 36.0 Å². The molecule has 0 bridgehead atoms. The van der Waals surface area contributed by atoms with E-state index in [-0.39, 0.29) is 10.3 Å². The molecule has 1 aliphatic rings. The van der Waals surface area contributed by atoms with Gasteiger partial charge in [0, 0.05) is 24.7 Å². The topological polar surface area (TPSA) is 63.4 Å². The predicted molar refractivity (Wildman–Crippen MR) is 81.1 cm³/mol. The van der Waals surface area contributed by atoms with Gasteiger partial charge in [-0.15, -0.1) is 0 Å². The van der Waals surface area contributed by atoms with Crippen molar-refractivity contribution < 1.29 is 8.42 Å². The number of sulfonamides is 1. The SMILES string of the molecule is CC1(C)CCCN(S(=O)(=O)c2ccc(CN)c(Cl)c2)C1. The van der Waals surface area contributed by atoms with Gasteiger partial charge in [-0.3, -0.25) is 0 Å². The Hall–Kier alpha value is -0.620. The van der Waals surface area contributed by atoms with Crippen LogP contribution in [0.25, 0.3) is 0 Å². The van der Waals surface area contributed by atoms with E-state index < -0.39 is 10.0 Å². The minimum atomic E-state index is -3.47. The van der Waals surface area contributed by atoms with E-state index in [1.54, 1.807) is 16.4 Å². The minimum absolute atomic E-state index is 0.0202. The first-order valence-corrected chi connectivity index (χ1v) is 8.57. The van der Waals surface area contributed by atoms with Crippen LogP contribution in [0.15, 0.2) is 23.1 Å². The first-order chi connectivity index (χ1) is 9.26. The Labute approximate surface area is 126 Å². The molecule has 112 valence electrons. The number of piperidine rings is 1. The molecule has 1 aliphatic heterocycles. The van der Waals surface area contributed by atoms with Crippen LogP contribution in [0, 0.1) is 5.41 Å². The van der Waals surface area contributed by atoms with Crippen LogP contribution in [0.5, 0.6) is 0 Å². The van der Waals surface area contributed by atoms with Crippen molar-refractivity contribution in [3.05, 3.63) is 28.8 Å². The van der Waals surface area contributed by atoms with E-state index in [9.17, 15) is 8.42 Å². The number of rotatable bonds is 3. The fourth-order valence-electron chi connectivity index (χ4n) is 2.58. The zero-order valence-electron chi connectivity index (χ0n) is 11.9. The molecule has 4 nitrogen and oxygen atoms in total. The molecule has 0 saturated carbocycles. The maximum Gasteiger partial charge on any atom is 0.243 e. The molecule has 20 heavy (non-hydrogen) atoms. The molecule has 0 amide bonds. The second kappa shape index (κ2) is 5.64. The van der Waals surface area contributed by atoms with Crippen molar-refractivity contribution in [2.45, 2.75) is 38.1 Å². The molecular formula is C14H21ClN2O2S. The van der Waals surface area contributed by atoms with Crippen LogP contribution in [-0.4, -0.2) is 25.8 Å². The molecule has 0 atom stereocenters. The van der Waals surface area contributed by atoms with Gasteiger partial charge in [-0.1, -0.05) is 31.5 Å². The predicted octanol–water partition coefficient (Wildman–Crippen LogP) is 2.61. The third-order valence-electron chi connectivity index (χ3n) is 3.75. The highest BCUT2D eigenvalue weighted by Crippen LogP contribution is 2.32. The number of benzene rings is 1. The monoisotopic (exact) mass is 316 g/mol. The molecule has 2 N–H and O–H groups in total. The van der Waals surface area contributed by atoms with Gasteiger partial charge >= 0.3 is 0 Å². The van der Waals surface area contributed by atoms with E-state index in [1.165, 1.54) is 6.07 Å². The summed E-state index contributed by atoms with van der Waals surface area (Å²) in [4.78, 5) is 0.248. The summed E-state index contributed by atoms with van der Waals surface area (Å²) < 4.78 is 26.9. The summed E-state index contributed by atoms with van der Waals surface area (Å²) in [5.74, 6) is 0. The highest BCUT2D eigenvalue weighted by atomic mass is 35.5. The number of nitrogens with zero attached hydrogens (tertiary/aromatic N) is 1.